The third-order valence-corrected chi connectivity index (χ3v) is 2.35. The monoisotopic (exact) mass is 206 g/mol. The van der Waals surface area contributed by atoms with E-state index in [-0.39, 0.29) is 5.78 Å². The number of rotatable bonds is 5. The number of carbonyl (C=O) groups excluding carboxylic acids is 1. The van der Waals surface area contributed by atoms with Gasteiger partial charge in [0.1, 0.15) is 11.5 Å². The molecule has 0 radical (unpaired) electrons. The maximum Gasteiger partial charge on any atom is 0.130 e. The Bertz CT molecular complexity index is 331. The molecule has 0 aromatic heterocycles. The van der Waals surface area contributed by atoms with Crippen molar-refractivity contribution >= 4 is 5.78 Å². The molecular formula is C13H18O2. The highest BCUT2D eigenvalue weighted by Crippen LogP contribution is 2.17. The Morgan fingerprint density at radius 2 is 2.20 bits per heavy atom. The molecule has 1 atom stereocenters. The van der Waals surface area contributed by atoms with Crippen molar-refractivity contribution in [2.45, 2.75) is 26.7 Å². The first-order valence-corrected chi connectivity index (χ1v) is 5.24. The lowest BCUT2D eigenvalue weighted by atomic mass is 9.96. The second-order valence-electron chi connectivity index (χ2n) is 4.07. The fourth-order valence-corrected chi connectivity index (χ4v) is 1.76. The highest BCUT2D eigenvalue weighted by atomic mass is 16.5. The molecule has 0 spiro atoms. The van der Waals surface area contributed by atoms with Crippen LogP contribution in [-0.2, 0) is 11.2 Å². The van der Waals surface area contributed by atoms with Crippen LogP contribution < -0.4 is 4.74 Å². The SMILES string of the molecule is COc1cccc(CC(C)CC(C)=O)c1. The summed E-state index contributed by atoms with van der Waals surface area (Å²) in [6.45, 7) is 3.74. The van der Waals surface area contributed by atoms with E-state index in [2.05, 4.69) is 13.0 Å². The van der Waals surface area contributed by atoms with Crippen LogP contribution in [0.15, 0.2) is 24.3 Å². The van der Waals surface area contributed by atoms with E-state index in [1.54, 1.807) is 14.0 Å². The third kappa shape index (κ3) is 4.15. The van der Waals surface area contributed by atoms with E-state index in [1.807, 2.05) is 18.2 Å². The number of hydrogen-bond donors (Lipinski definition) is 0. The first-order valence-electron chi connectivity index (χ1n) is 5.24. The summed E-state index contributed by atoms with van der Waals surface area (Å²) >= 11 is 0. The molecular weight excluding hydrogens is 188 g/mol. The molecule has 0 aliphatic carbocycles. The van der Waals surface area contributed by atoms with Crippen LogP contribution in [0.1, 0.15) is 25.8 Å². The molecule has 0 amide bonds. The van der Waals surface area contributed by atoms with Crippen molar-refractivity contribution in [3.05, 3.63) is 29.8 Å². The molecule has 82 valence electrons. The van der Waals surface area contributed by atoms with Crippen molar-refractivity contribution in [3.63, 3.8) is 0 Å². The summed E-state index contributed by atoms with van der Waals surface area (Å²) in [5, 5.41) is 0. The van der Waals surface area contributed by atoms with Crippen LogP contribution in [-0.4, -0.2) is 12.9 Å². The fourth-order valence-electron chi connectivity index (χ4n) is 1.76. The molecule has 15 heavy (non-hydrogen) atoms. The van der Waals surface area contributed by atoms with Gasteiger partial charge in [-0.2, -0.15) is 0 Å². The molecule has 1 rings (SSSR count). The molecule has 0 saturated heterocycles. The van der Waals surface area contributed by atoms with Crippen molar-refractivity contribution in [2.75, 3.05) is 7.11 Å². The van der Waals surface area contributed by atoms with E-state index < -0.39 is 0 Å². The fraction of sp³-hybridized carbons (Fsp3) is 0.462. The molecule has 1 aromatic rings. The van der Waals surface area contributed by atoms with E-state index in [4.69, 9.17) is 4.74 Å². The molecule has 0 saturated carbocycles. The van der Waals surface area contributed by atoms with Crippen LogP contribution in [0.3, 0.4) is 0 Å². The minimum absolute atomic E-state index is 0.255. The summed E-state index contributed by atoms with van der Waals surface area (Å²) in [6.07, 6.45) is 1.58. The predicted molar refractivity (Wildman–Crippen MR) is 61.2 cm³/mol. The Morgan fingerprint density at radius 1 is 1.47 bits per heavy atom. The van der Waals surface area contributed by atoms with E-state index in [0.29, 0.717) is 12.3 Å². The first-order chi connectivity index (χ1) is 7.11. The second kappa shape index (κ2) is 5.54. The Hall–Kier alpha value is -1.31. The molecule has 0 aliphatic rings. The van der Waals surface area contributed by atoms with Gasteiger partial charge in [-0.25, -0.2) is 0 Å². The quantitative estimate of drug-likeness (QED) is 0.740. The standard InChI is InChI=1S/C13H18O2/c1-10(7-11(2)14)8-12-5-4-6-13(9-12)15-3/h4-6,9-10H,7-8H2,1-3H3. The van der Waals surface area contributed by atoms with Crippen LogP contribution >= 0.6 is 0 Å². The number of benzene rings is 1. The number of carbonyl (C=O) groups is 1. The van der Waals surface area contributed by atoms with E-state index in [1.165, 1.54) is 5.56 Å². The van der Waals surface area contributed by atoms with Crippen molar-refractivity contribution < 1.29 is 9.53 Å². The Morgan fingerprint density at radius 3 is 2.80 bits per heavy atom. The summed E-state index contributed by atoms with van der Waals surface area (Å²) in [6, 6.07) is 8.00. The topological polar surface area (TPSA) is 26.3 Å². The molecule has 2 nitrogen and oxygen atoms in total. The maximum atomic E-state index is 10.9. The summed E-state index contributed by atoms with van der Waals surface area (Å²) in [7, 11) is 1.66. The molecule has 0 aliphatic heterocycles. The zero-order valence-corrected chi connectivity index (χ0v) is 9.62. The number of hydrogen-bond acceptors (Lipinski definition) is 2. The summed E-state index contributed by atoms with van der Waals surface area (Å²) in [5.41, 5.74) is 1.23. The second-order valence-corrected chi connectivity index (χ2v) is 4.07. The summed E-state index contributed by atoms with van der Waals surface area (Å²) in [4.78, 5) is 10.9. The third-order valence-electron chi connectivity index (χ3n) is 2.35. The van der Waals surface area contributed by atoms with Gasteiger partial charge in [-0.3, -0.25) is 0 Å². The van der Waals surface area contributed by atoms with Crippen molar-refractivity contribution in [1.82, 2.24) is 0 Å². The molecule has 1 unspecified atom stereocenters. The van der Waals surface area contributed by atoms with E-state index in [0.717, 1.165) is 12.2 Å². The Labute approximate surface area is 91.3 Å². The largest absolute Gasteiger partial charge is 0.497 e. The molecule has 0 heterocycles. The lowest BCUT2D eigenvalue weighted by molar-refractivity contribution is -0.117. The number of methoxy groups -OCH3 is 1. The van der Waals surface area contributed by atoms with Crippen LogP contribution in [0.2, 0.25) is 0 Å². The molecule has 0 fully saturated rings. The minimum atomic E-state index is 0.255. The number of ketones is 1. The van der Waals surface area contributed by atoms with Gasteiger partial charge >= 0.3 is 0 Å². The van der Waals surface area contributed by atoms with Crippen LogP contribution in [0.25, 0.3) is 0 Å². The molecule has 0 N–H and O–H groups in total. The van der Waals surface area contributed by atoms with Crippen LogP contribution in [0, 0.1) is 5.92 Å². The van der Waals surface area contributed by atoms with Gasteiger partial charge in [0.2, 0.25) is 0 Å². The van der Waals surface area contributed by atoms with Gasteiger partial charge in [-0.05, 0) is 37.0 Å². The average Bonchev–Trinajstić information content (AvgIpc) is 2.16. The Balaban J connectivity index is 2.59. The lowest BCUT2D eigenvalue weighted by Crippen LogP contribution is -2.05. The zero-order valence-electron chi connectivity index (χ0n) is 9.62. The maximum absolute atomic E-state index is 10.9. The smallest absolute Gasteiger partial charge is 0.130 e. The molecule has 1 aromatic carbocycles. The van der Waals surface area contributed by atoms with Crippen molar-refractivity contribution in [2.24, 2.45) is 5.92 Å². The van der Waals surface area contributed by atoms with Gasteiger partial charge in [0, 0.05) is 6.42 Å². The van der Waals surface area contributed by atoms with Gasteiger partial charge in [0.05, 0.1) is 7.11 Å². The molecule has 0 bridgehead atoms. The highest BCUT2D eigenvalue weighted by molar-refractivity contribution is 5.75. The Kier molecular flexibility index (Phi) is 4.35. The normalized spacial score (nSPS) is 12.2. The summed E-state index contributed by atoms with van der Waals surface area (Å²) < 4.78 is 5.15. The number of Topliss-reactive ketones (excluding diaryl/α,β-unsaturated/α-hetero) is 1. The number of ether oxygens (including phenoxy) is 1. The minimum Gasteiger partial charge on any atom is -0.497 e. The van der Waals surface area contributed by atoms with Crippen molar-refractivity contribution in [3.8, 4) is 5.75 Å². The van der Waals surface area contributed by atoms with Crippen molar-refractivity contribution in [1.29, 1.82) is 0 Å². The summed E-state index contributed by atoms with van der Waals surface area (Å²) in [5.74, 6) is 1.53. The lowest BCUT2D eigenvalue weighted by Gasteiger charge is -2.10. The first kappa shape index (κ1) is 11.8. The highest BCUT2D eigenvalue weighted by Gasteiger charge is 2.06. The van der Waals surface area contributed by atoms with Gasteiger partial charge in [0.15, 0.2) is 0 Å². The van der Waals surface area contributed by atoms with E-state index in [9.17, 15) is 4.79 Å². The van der Waals surface area contributed by atoms with Gasteiger partial charge in [-0.15, -0.1) is 0 Å². The van der Waals surface area contributed by atoms with Gasteiger partial charge in [-0.1, -0.05) is 19.1 Å². The van der Waals surface area contributed by atoms with E-state index >= 15 is 0 Å². The van der Waals surface area contributed by atoms with Gasteiger partial charge in [0.25, 0.3) is 0 Å². The molecule has 2 heteroatoms. The van der Waals surface area contributed by atoms with Gasteiger partial charge < -0.3 is 9.53 Å². The zero-order chi connectivity index (χ0) is 11.3. The van der Waals surface area contributed by atoms with Crippen LogP contribution in [0.4, 0.5) is 0 Å². The average molecular weight is 206 g/mol. The van der Waals surface area contributed by atoms with Crippen LogP contribution in [0.5, 0.6) is 5.75 Å². The predicted octanol–water partition coefficient (Wildman–Crippen LogP) is 2.85.